The molecule has 0 radical (unpaired) electrons. The summed E-state index contributed by atoms with van der Waals surface area (Å²) in [6.45, 7) is 5.64. The molecule has 1 saturated heterocycles. The van der Waals surface area contributed by atoms with E-state index in [9.17, 15) is 0 Å². The van der Waals surface area contributed by atoms with E-state index in [0.717, 1.165) is 26.1 Å². The van der Waals surface area contributed by atoms with Crippen LogP contribution in [0.1, 0.15) is 24.1 Å². The number of hydrogen-bond acceptors (Lipinski definition) is 2. The normalized spacial score (nSPS) is 21.1. The summed E-state index contributed by atoms with van der Waals surface area (Å²) in [5.41, 5.74) is 2.84. The van der Waals surface area contributed by atoms with Gasteiger partial charge in [0.05, 0.1) is 0 Å². The lowest BCUT2D eigenvalue weighted by molar-refractivity contribution is 0.152. The minimum atomic E-state index is 0.492. The van der Waals surface area contributed by atoms with Crippen LogP contribution in [0.4, 0.5) is 0 Å². The van der Waals surface area contributed by atoms with Gasteiger partial charge >= 0.3 is 0 Å². The number of benzene rings is 2. The van der Waals surface area contributed by atoms with Crippen molar-refractivity contribution in [1.29, 1.82) is 0 Å². The van der Waals surface area contributed by atoms with Gasteiger partial charge in [-0.1, -0.05) is 60.7 Å². The van der Waals surface area contributed by atoms with Gasteiger partial charge in [-0.05, 0) is 24.5 Å². The SMILES string of the molecule is C[C@@H](c1ccccc1)N1CCN[C@H](Cc2ccccc2)C1. The summed E-state index contributed by atoms with van der Waals surface area (Å²) < 4.78 is 0. The fraction of sp³-hybridized carbons (Fsp3) is 0.368. The molecule has 0 unspecified atom stereocenters. The van der Waals surface area contributed by atoms with Crippen molar-refractivity contribution in [2.24, 2.45) is 0 Å². The van der Waals surface area contributed by atoms with Crippen LogP contribution in [0.3, 0.4) is 0 Å². The molecule has 0 aliphatic carbocycles. The molecule has 0 spiro atoms. The number of rotatable bonds is 4. The summed E-state index contributed by atoms with van der Waals surface area (Å²) in [6.07, 6.45) is 1.11. The second kappa shape index (κ2) is 6.88. The van der Waals surface area contributed by atoms with E-state index in [1.54, 1.807) is 0 Å². The minimum absolute atomic E-state index is 0.492. The molecule has 0 aromatic heterocycles. The molecule has 0 amide bonds. The van der Waals surface area contributed by atoms with Crippen molar-refractivity contribution in [3.05, 3.63) is 71.8 Å². The highest BCUT2D eigenvalue weighted by Gasteiger charge is 2.23. The molecule has 0 saturated carbocycles. The highest BCUT2D eigenvalue weighted by atomic mass is 15.2. The molecule has 2 aromatic rings. The van der Waals surface area contributed by atoms with Crippen molar-refractivity contribution < 1.29 is 0 Å². The molecule has 1 fully saturated rings. The summed E-state index contributed by atoms with van der Waals surface area (Å²) >= 11 is 0. The third kappa shape index (κ3) is 3.72. The quantitative estimate of drug-likeness (QED) is 0.924. The second-order valence-electron chi connectivity index (χ2n) is 5.92. The van der Waals surface area contributed by atoms with Gasteiger partial charge in [-0.15, -0.1) is 0 Å². The molecule has 2 nitrogen and oxygen atoms in total. The molecular weight excluding hydrogens is 256 g/mol. The third-order valence-corrected chi connectivity index (χ3v) is 4.44. The van der Waals surface area contributed by atoms with Gasteiger partial charge in [0.25, 0.3) is 0 Å². The Morgan fingerprint density at radius 2 is 1.71 bits per heavy atom. The van der Waals surface area contributed by atoms with Crippen molar-refractivity contribution in [1.82, 2.24) is 10.2 Å². The Kier molecular flexibility index (Phi) is 4.69. The highest BCUT2D eigenvalue weighted by molar-refractivity contribution is 5.19. The van der Waals surface area contributed by atoms with Gasteiger partial charge < -0.3 is 5.32 Å². The van der Waals surface area contributed by atoms with Crippen LogP contribution in [0.5, 0.6) is 0 Å². The van der Waals surface area contributed by atoms with E-state index in [1.807, 2.05) is 0 Å². The maximum absolute atomic E-state index is 3.66. The fourth-order valence-corrected chi connectivity index (χ4v) is 3.18. The lowest BCUT2D eigenvalue weighted by Gasteiger charge is -2.38. The molecule has 1 heterocycles. The smallest absolute Gasteiger partial charge is 0.0321 e. The first kappa shape index (κ1) is 14.3. The predicted octanol–water partition coefficient (Wildman–Crippen LogP) is 3.26. The van der Waals surface area contributed by atoms with Crippen LogP contribution in [-0.4, -0.2) is 30.6 Å². The largest absolute Gasteiger partial charge is 0.311 e. The van der Waals surface area contributed by atoms with Crippen LogP contribution in [0.25, 0.3) is 0 Å². The molecule has 2 atom stereocenters. The van der Waals surface area contributed by atoms with Gasteiger partial charge in [-0.25, -0.2) is 0 Å². The topological polar surface area (TPSA) is 15.3 Å². The first-order valence-electron chi connectivity index (χ1n) is 7.89. The Morgan fingerprint density at radius 3 is 2.43 bits per heavy atom. The van der Waals surface area contributed by atoms with Gasteiger partial charge in [-0.2, -0.15) is 0 Å². The van der Waals surface area contributed by atoms with E-state index in [-0.39, 0.29) is 0 Å². The Balaban J connectivity index is 1.63. The van der Waals surface area contributed by atoms with Crippen LogP contribution in [-0.2, 0) is 6.42 Å². The van der Waals surface area contributed by atoms with Crippen LogP contribution in [0.2, 0.25) is 0 Å². The maximum atomic E-state index is 3.66. The van der Waals surface area contributed by atoms with Crippen molar-refractivity contribution in [2.75, 3.05) is 19.6 Å². The van der Waals surface area contributed by atoms with Crippen molar-refractivity contribution in [3.8, 4) is 0 Å². The average Bonchev–Trinajstić information content (AvgIpc) is 2.56. The molecular formula is C19H24N2. The van der Waals surface area contributed by atoms with E-state index in [2.05, 4.69) is 77.8 Å². The van der Waals surface area contributed by atoms with Gasteiger partial charge in [0.15, 0.2) is 0 Å². The molecule has 1 aliphatic rings. The first-order valence-corrected chi connectivity index (χ1v) is 7.89. The number of hydrogen-bond donors (Lipinski definition) is 1. The van der Waals surface area contributed by atoms with E-state index in [4.69, 9.17) is 0 Å². The van der Waals surface area contributed by atoms with Crippen LogP contribution >= 0.6 is 0 Å². The summed E-state index contributed by atoms with van der Waals surface area (Å²) in [5.74, 6) is 0. The molecule has 1 N–H and O–H groups in total. The van der Waals surface area contributed by atoms with Crippen molar-refractivity contribution in [2.45, 2.75) is 25.4 Å². The highest BCUT2D eigenvalue weighted by Crippen LogP contribution is 2.21. The zero-order valence-corrected chi connectivity index (χ0v) is 12.7. The van der Waals surface area contributed by atoms with E-state index >= 15 is 0 Å². The second-order valence-corrected chi connectivity index (χ2v) is 5.92. The summed E-state index contributed by atoms with van der Waals surface area (Å²) in [6, 6.07) is 22.7. The summed E-state index contributed by atoms with van der Waals surface area (Å²) in [5, 5.41) is 3.66. The molecule has 21 heavy (non-hydrogen) atoms. The molecule has 110 valence electrons. The standard InChI is InChI=1S/C19H24N2/c1-16(18-10-6-3-7-11-18)21-13-12-20-19(15-21)14-17-8-4-2-5-9-17/h2-11,16,19-20H,12-15H2,1H3/t16-,19+/m0/s1. The lowest BCUT2D eigenvalue weighted by atomic mass is 10.0. The Labute approximate surface area is 127 Å². The number of nitrogens with one attached hydrogen (secondary N) is 1. The number of piperazine rings is 1. The van der Waals surface area contributed by atoms with Crippen LogP contribution in [0, 0.1) is 0 Å². The van der Waals surface area contributed by atoms with Gasteiger partial charge in [0.1, 0.15) is 0 Å². The monoisotopic (exact) mass is 280 g/mol. The Bertz CT molecular complexity index is 538. The summed E-state index contributed by atoms with van der Waals surface area (Å²) in [7, 11) is 0. The van der Waals surface area contributed by atoms with Crippen molar-refractivity contribution >= 4 is 0 Å². The number of nitrogens with zero attached hydrogens (tertiary/aromatic N) is 1. The van der Waals surface area contributed by atoms with Crippen LogP contribution in [0.15, 0.2) is 60.7 Å². The summed E-state index contributed by atoms with van der Waals surface area (Å²) in [4.78, 5) is 2.60. The van der Waals surface area contributed by atoms with Gasteiger partial charge in [0, 0.05) is 31.7 Å². The fourth-order valence-electron chi connectivity index (χ4n) is 3.18. The lowest BCUT2D eigenvalue weighted by Crippen LogP contribution is -2.52. The molecule has 0 bridgehead atoms. The van der Waals surface area contributed by atoms with E-state index in [0.29, 0.717) is 12.1 Å². The molecule has 1 aliphatic heterocycles. The predicted molar refractivity (Wildman–Crippen MR) is 88.4 cm³/mol. The zero-order chi connectivity index (χ0) is 14.5. The molecule has 2 aromatic carbocycles. The Morgan fingerprint density at radius 1 is 1.05 bits per heavy atom. The van der Waals surface area contributed by atoms with Crippen molar-refractivity contribution in [3.63, 3.8) is 0 Å². The van der Waals surface area contributed by atoms with Gasteiger partial charge in [0.2, 0.25) is 0 Å². The first-order chi connectivity index (χ1) is 10.3. The Hall–Kier alpha value is -1.64. The van der Waals surface area contributed by atoms with E-state index < -0.39 is 0 Å². The average molecular weight is 280 g/mol. The van der Waals surface area contributed by atoms with E-state index in [1.165, 1.54) is 11.1 Å². The zero-order valence-electron chi connectivity index (χ0n) is 12.7. The molecule has 3 rings (SSSR count). The van der Waals surface area contributed by atoms with Gasteiger partial charge in [-0.3, -0.25) is 4.90 Å². The van der Waals surface area contributed by atoms with Crippen LogP contribution < -0.4 is 5.32 Å². The molecule has 2 heteroatoms. The minimum Gasteiger partial charge on any atom is -0.311 e. The third-order valence-electron chi connectivity index (χ3n) is 4.44. The maximum Gasteiger partial charge on any atom is 0.0321 e.